The summed E-state index contributed by atoms with van der Waals surface area (Å²) in [6.45, 7) is -0.0255. The fourth-order valence-electron chi connectivity index (χ4n) is 0.442. The molecule has 0 aliphatic rings. The third-order valence-electron chi connectivity index (χ3n) is 0.925. The van der Waals surface area contributed by atoms with Crippen LogP contribution < -0.4 is 177 Å². The van der Waals surface area contributed by atoms with Crippen LogP contribution in [0.4, 0.5) is 0 Å². The van der Waals surface area contributed by atoms with E-state index in [-0.39, 0.29) is 191 Å². The molecule has 15 nitrogen and oxygen atoms in total. The predicted octanol–water partition coefficient (Wildman–Crippen LogP) is -22.9. The fraction of sp³-hybridized carbons (Fsp3) is 1.00. The van der Waals surface area contributed by atoms with Crippen LogP contribution in [0.2, 0.25) is 0 Å². The first-order chi connectivity index (χ1) is 9.81. The molecule has 0 atom stereocenters. The monoisotopic (exact) mass is 546 g/mol. The molecule has 29 heavy (non-hydrogen) atoms. The topological polar surface area (TPSA) is 301 Å². The van der Waals surface area contributed by atoms with Gasteiger partial charge in [-0.2, -0.15) is 0 Å². The molecule has 0 amide bonds. The first kappa shape index (κ1) is 64.5. The minimum absolute atomic E-state index is 0. The Morgan fingerprint density at radius 1 is 0.517 bits per heavy atom. The van der Waals surface area contributed by atoms with Crippen molar-refractivity contribution in [3.8, 4) is 0 Å². The van der Waals surface area contributed by atoms with E-state index in [4.69, 9.17) is 67.9 Å². The largest absolute Gasteiger partial charge is 1.00 e. The maximum Gasteiger partial charge on any atom is 1.00 e. The standard InChI is InChI=1S/C5H12O3.6Na.3H2O4S/c6-3-1-5(8)2-4-7;;;;;;;3*1-5(2,3)4/h5-8H,1-4H2;;;;;;;3*(H2,1,2,3,4)/q;6*+1;;;/p-6. The van der Waals surface area contributed by atoms with Crippen molar-refractivity contribution in [2.45, 2.75) is 18.9 Å². The SMILES string of the molecule is O=S(=O)([O-])[O-].O=S(=O)([O-])[O-].O=S(=O)([O-])[O-].OCCC(O)CCO.[Na+].[Na+].[Na+].[Na+].[Na+].[Na+]. The van der Waals surface area contributed by atoms with Crippen molar-refractivity contribution in [3.05, 3.63) is 0 Å². The summed E-state index contributed by atoms with van der Waals surface area (Å²) in [6, 6.07) is 0. The molecule has 0 heterocycles. The predicted molar refractivity (Wildman–Crippen MR) is 60.8 cm³/mol. The molecule has 0 aliphatic carbocycles. The third kappa shape index (κ3) is 252. The zero-order chi connectivity index (χ0) is 19.9. The number of rotatable bonds is 4. The minimum atomic E-state index is -5.17. The molecule has 146 valence electrons. The molecule has 0 bridgehead atoms. The molecule has 0 spiro atoms. The zero-order valence-electron chi connectivity index (χ0n) is 16.9. The van der Waals surface area contributed by atoms with E-state index in [0.717, 1.165) is 0 Å². The Morgan fingerprint density at radius 3 is 0.690 bits per heavy atom. The molecule has 0 saturated carbocycles. The molecule has 0 aromatic heterocycles. The second kappa shape index (κ2) is 38.0. The van der Waals surface area contributed by atoms with Gasteiger partial charge < -0.3 is 42.6 Å². The van der Waals surface area contributed by atoms with Crippen molar-refractivity contribution in [3.63, 3.8) is 0 Å². The molecule has 0 radical (unpaired) electrons. The summed E-state index contributed by atoms with van der Waals surface area (Å²) in [5, 5.41) is 25.2. The van der Waals surface area contributed by atoms with Crippen LogP contribution in [0.25, 0.3) is 0 Å². The van der Waals surface area contributed by atoms with Crippen LogP contribution in [0, 0.1) is 0 Å². The average molecular weight is 546 g/mol. The quantitative estimate of drug-likeness (QED) is 0.167. The first-order valence-corrected chi connectivity index (χ1v) is 8.71. The van der Waals surface area contributed by atoms with Crippen molar-refractivity contribution < 1.29 is 245 Å². The molecule has 3 N–H and O–H groups in total. The Kier molecular flexibility index (Phi) is 84.6. The van der Waals surface area contributed by atoms with E-state index in [1.807, 2.05) is 0 Å². The van der Waals surface area contributed by atoms with Crippen molar-refractivity contribution in [1.29, 1.82) is 0 Å². The maximum atomic E-state index is 8.73. The molecule has 0 rings (SSSR count). The van der Waals surface area contributed by atoms with Gasteiger partial charge in [-0.25, -0.2) is 0 Å². The molecule has 0 unspecified atom stereocenters. The summed E-state index contributed by atoms with van der Waals surface area (Å²) in [5.41, 5.74) is 0. The molecule has 24 heteroatoms. The van der Waals surface area contributed by atoms with E-state index < -0.39 is 37.3 Å². The van der Waals surface area contributed by atoms with Gasteiger partial charge in [-0.1, -0.05) is 0 Å². The first-order valence-electron chi connectivity index (χ1n) is 4.71. The molecule has 0 fully saturated rings. The second-order valence-electron chi connectivity index (χ2n) is 2.90. The van der Waals surface area contributed by atoms with E-state index in [2.05, 4.69) is 0 Å². The number of hydrogen-bond acceptors (Lipinski definition) is 15. The van der Waals surface area contributed by atoms with Crippen LogP contribution in [0.5, 0.6) is 0 Å². The van der Waals surface area contributed by atoms with Crippen molar-refractivity contribution in [1.82, 2.24) is 0 Å². The van der Waals surface area contributed by atoms with Gasteiger partial charge in [0.2, 0.25) is 0 Å². The summed E-state index contributed by atoms with van der Waals surface area (Å²) in [4.78, 5) is 0. The molecule has 0 aromatic carbocycles. The zero-order valence-corrected chi connectivity index (χ0v) is 31.3. The minimum Gasteiger partial charge on any atom is -0.759 e. The smallest absolute Gasteiger partial charge is 0.759 e. The van der Waals surface area contributed by atoms with Gasteiger partial charge in [-0.05, 0) is 12.8 Å². The van der Waals surface area contributed by atoms with Crippen LogP contribution >= 0.6 is 0 Å². The Labute approximate surface area is 302 Å². The van der Waals surface area contributed by atoms with E-state index in [9.17, 15) is 0 Å². The van der Waals surface area contributed by atoms with Gasteiger partial charge in [0, 0.05) is 44.4 Å². The van der Waals surface area contributed by atoms with Gasteiger partial charge in [0.25, 0.3) is 0 Å². The molecule has 0 saturated heterocycles. The van der Waals surface area contributed by atoms with Crippen LogP contribution in [-0.2, 0) is 31.2 Å². The van der Waals surface area contributed by atoms with Crippen molar-refractivity contribution >= 4 is 31.2 Å². The third-order valence-corrected chi connectivity index (χ3v) is 0.925. The Morgan fingerprint density at radius 2 is 0.621 bits per heavy atom. The van der Waals surface area contributed by atoms with Gasteiger partial charge in [-0.3, -0.25) is 25.3 Å². The number of aliphatic hydroxyl groups is 3. The van der Waals surface area contributed by atoms with E-state index in [1.165, 1.54) is 0 Å². The van der Waals surface area contributed by atoms with E-state index in [1.54, 1.807) is 0 Å². The van der Waals surface area contributed by atoms with Crippen LogP contribution in [0.1, 0.15) is 12.8 Å². The van der Waals surface area contributed by atoms with Gasteiger partial charge in [0.15, 0.2) is 0 Å². The van der Waals surface area contributed by atoms with Gasteiger partial charge in [0.1, 0.15) is 0 Å². The Balaban J connectivity index is -0.0000000198. The number of aliphatic hydroxyl groups excluding tert-OH is 3. The van der Waals surface area contributed by atoms with Gasteiger partial charge in [-0.15, -0.1) is 0 Å². The summed E-state index contributed by atoms with van der Waals surface area (Å²) in [6.07, 6.45) is 0.186. The Hall–Kier alpha value is 5.49. The summed E-state index contributed by atoms with van der Waals surface area (Å²) < 4.78 is 102. The van der Waals surface area contributed by atoms with E-state index in [0.29, 0.717) is 12.8 Å². The molecule has 0 aromatic rings. The molecular formula is C5H12Na6O15S3. The van der Waals surface area contributed by atoms with Crippen molar-refractivity contribution in [2.75, 3.05) is 13.2 Å². The summed E-state index contributed by atoms with van der Waals surface area (Å²) in [7, 11) is -15.5. The molecule has 0 aliphatic heterocycles. The summed E-state index contributed by atoms with van der Waals surface area (Å²) >= 11 is 0. The second-order valence-corrected chi connectivity index (χ2v) is 5.35. The number of hydrogen-bond donors (Lipinski definition) is 3. The normalized spacial score (nSPS) is 8.90. The van der Waals surface area contributed by atoms with Crippen molar-refractivity contribution in [2.24, 2.45) is 0 Å². The van der Waals surface area contributed by atoms with Crippen LogP contribution in [-0.4, -0.2) is 87.2 Å². The van der Waals surface area contributed by atoms with Gasteiger partial charge in [0.05, 0.1) is 6.10 Å². The van der Waals surface area contributed by atoms with Crippen LogP contribution in [0.15, 0.2) is 0 Å². The van der Waals surface area contributed by atoms with Crippen LogP contribution in [0.3, 0.4) is 0 Å². The van der Waals surface area contributed by atoms with Gasteiger partial charge >= 0.3 is 177 Å². The average Bonchev–Trinajstić information content (AvgIpc) is 2.09. The van der Waals surface area contributed by atoms with E-state index >= 15 is 0 Å². The Bertz CT molecular complexity index is 464. The maximum absolute atomic E-state index is 8.73. The summed E-state index contributed by atoms with van der Waals surface area (Å²) in [5.74, 6) is 0. The molecular weight excluding hydrogens is 534 g/mol. The fourth-order valence-corrected chi connectivity index (χ4v) is 0.442.